The third-order valence-electron chi connectivity index (χ3n) is 2.27. The fourth-order valence-corrected chi connectivity index (χ4v) is 1.62. The predicted octanol–water partition coefficient (Wildman–Crippen LogP) is 0.489. The molecular weight excluding hydrogens is 180 g/mol. The van der Waals surface area contributed by atoms with Gasteiger partial charge in [0.2, 0.25) is 0 Å². The highest BCUT2D eigenvalue weighted by atomic mass is 16.3. The average molecular weight is 188 g/mol. The lowest BCUT2D eigenvalue weighted by Crippen LogP contribution is -2.38. The van der Waals surface area contributed by atoms with E-state index >= 15 is 0 Å². The summed E-state index contributed by atoms with van der Waals surface area (Å²) in [7, 11) is 0. The van der Waals surface area contributed by atoms with E-state index in [1.165, 1.54) is 0 Å². The van der Waals surface area contributed by atoms with Crippen molar-refractivity contribution in [2.45, 2.75) is 12.1 Å². The van der Waals surface area contributed by atoms with Crippen molar-refractivity contribution < 1.29 is 9.90 Å². The molecule has 14 heavy (non-hydrogen) atoms. The zero-order valence-electron chi connectivity index (χ0n) is 7.32. The lowest BCUT2D eigenvalue weighted by molar-refractivity contribution is 0.0173. The maximum Gasteiger partial charge on any atom is 0.254 e. The van der Waals surface area contributed by atoms with Crippen LogP contribution in [0.5, 0.6) is 0 Å². The number of amides is 1. The Morgan fingerprint density at radius 1 is 1.50 bits per heavy atom. The van der Waals surface area contributed by atoms with Crippen molar-refractivity contribution in [1.29, 1.82) is 5.26 Å². The van der Waals surface area contributed by atoms with E-state index in [1.54, 1.807) is 24.3 Å². The van der Waals surface area contributed by atoms with E-state index in [2.05, 4.69) is 5.32 Å². The lowest BCUT2D eigenvalue weighted by Gasteiger charge is -2.19. The molecule has 1 aromatic carbocycles. The number of hydrogen-bond acceptors (Lipinski definition) is 3. The standard InChI is InChI=1S/C10H8N2O2/c11-6-5-10(14)8-4-2-1-3-7(8)9(13)12-10/h1-4,14H,5H2,(H,12,13). The molecule has 0 saturated heterocycles. The first-order valence-electron chi connectivity index (χ1n) is 4.19. The Balaban J connectivity index is 2.55. The summed E-state index contributed by atoms with van der Waals surface area (Å²) in [4.78, 5) is 11.4. The Labute approximate surface area is 80.8 Å². The van der Waals surface area contributed by atoms with E-state index in [0.717, 1.165) is 0 Å². The molecule has 1 aliphatic heterocycles. The normalized spacial score (nSPS) is 23.9. The van der Waals surface area contributed by atoms with E-state index in [-0.39, 0.29) is 12.3 Å². The minimum atomic E-state index is -1.51. The summed E-state index contributed by atoms with van der Waals surface area (Å²) in [5.74, 6) is -0.335. The van der Waals surface area contributed by atoms with Gasteiger partial charge in [-0.15, -0.1) is 0 Å². The van der Waals surface area contributed by atoms with Gasteiger partial charge >= 0.3 is 0 Å². The highest BCUT2D eigenvalue weighted by molar-refractivity contribution is 5.99. The molecule has 1 amide bonds. The van der Waals surface area contributed by atoms with Crippen LogP contribution in [0.2, 0.25) is 0 Å². The van der Waals surface area contributed by atoms with Gasteiger partial charge in [-0.25, -0.2) is 0 Å². The molecule has 2 N–H and O–H groups in total. The van der Waals surface area contributed by atoms with Crippen molar-refractivity contribution in [3.63, 3.8) is 0 Å². The second kappa shape index (κ2) is 2.82. The van der Waals surface area contributed by atoms with E-state index in [1.807, 2.05) is 6.07 Å². The van der Waals surface area contributed by atoms with Gasteiger partial charge in [-0.1, -0.05) is 18.2 Å². The minimum absolute atomic E-state index is 0.143. The number of carbonyl (C=O) groups is 1. The molecular formula is C10H8N2O2. The van der Waals surface area contributed by atoms with Crippen LogP contribution in [0.4, 0.5) is 0 Å². The van der Waals surface area contributed by atoms with Crippen molar-refractivity contribution in [3.8, 4) is 6.07 Å². The zero-order valence-corrected chi connectivity index (χ0v) is 7.32. The van der Waals surface area contributed by atoms with Crippen molar-refractivity contribution in [1.82, 2.24) is 5.32 Å². The van der Waals surface area contributed by atoms with E-state index in [0.29, 0.717) is 11.1 Å². The molecule has 0 radical (unpaired) electrons. The number of nitrogens with one attached hydrogen (secondary N) is 1. The smallest absolute Gasteiger partial charge is 0.254 e. The largest absolute Gasteiger partial charge is 0.366 e. The van der Waals surface area contributed by atoms with Crippen LogP contribution >= 0.6 is 0 Å². The quantitative estimate of drug-likeness (QED) is 0.673. The minimum Gasteiger partial charge on any atom is -0.366 e. The fourth-order valence-electron chi connectivity index (χ4n) is 1.62. The second-order valence-corrected chi connectivity index (χ2v) is 3.19. The van der Waals surface area contributed by atoms with E-state index in [9.17, 15) is 9.90 Å². The zero-order chi connectivity index (χ0) is 10.2. The molecule has 70 valence electrons. The van der Waals surface area contributed by atoms with Gasteiger partial charge in [0.1, 0.15) is 0 Å². The van der Waals surface area contributed by atoms with Crippen LogP contribution in [0, 0.1) is 11.3 Å². The number of carbonyl (C=O) groups excluding carboxylic acids is 1. The molecule has 1 aromatic rings. The van der Waals surface area contributed by atoms with E-state index in [4.69, 9.17) is 5.26 Å². The molecule has 1 aliphatic rings. The van der Waals surface area contributed by atoms with Crippen LogP contribution < -0.4 is 5.32 Å². The number of nitrogens with zero attached hydrogens (tertiary/aromatic N) is 1. The van der Waals surface area contributed by atoms with Crippen LogP contribution in [-0.4, -0.2) is 11.0 Å². The predicted molar refractivity (Wildman–Crippen MR) is 48.0 cm³/mol. The summed E-state index contributed by atoms with van der Waals surface area (Å²) >= 11 is 0. The molecule has 0 fully saturated rings. The van der Waals surface area contributed by atoms with Gasteiger partial charge in [0.05, 0.1) is 12.5 Å². The van der Waals surface area contributed by atoms with Gasteiger partial charge in [-0.2, -0.15) is 5.26 Å². The van der Waals surface area contributed by atoms with Crippen molar-refractivity contribution >= 4 is 5.91 Å². The van der Waals surface area contributed by atoms with Gasteiger partial charge < -0.3 is 10.4 Å². The summed E-state index contributed by atoms with van der Waals surface area (Å²) in [5.41, 5.74) is -0.598. The molecule has 2 rings (SSSR count). The number of hydrogen-bond donors (Lipinski definition) is 2. The van der Waals surface area contributed by atoms with Gasteiger partial charge in [0.15, 0.2) is 5.72 Å². The average Bonchev–Trinajstić information content (AvgIpc) is 2.41. The molecule has 4 heteroatoms. The SMILES string of the molecule is N#CCC1(O)NC(=O)c2ccccc21. The highest BCUT2D eigenvalue weighted by Crippen LogP contribution is 2.30. The summed E-state index contributed by atoms with van der Waals surface area (Å²) in [6.07, 6.45) is -0.143. The Kier molecular flexibility index (Phi) is 1.76. The summed E-state index contributed by atoms with van der Waals surface area (Å²) in [6, 6.07) is 8.56. The molecule has 0 aliphatic carbocycles. The molecule has 1 atom stereocenters. The first-order valence-corrected chi connectivity index (χ1v) is 4.19. The number of aliphatic hydroxyl groups is 1. The number of benzene rings is 1. The van der Waals surface area contributed by atoms with Gasteiger partial charge in [-0.3, -0.25) is 4.79 Å². The highest BCUT2D eigenvalue weighted by Gasteiger charge is 2.40. The van der Waals surface area contributed by atoms with Crippen LogP contribution in [0.25, 0.3) is 0 Å². The number of nitriles is 1. The summed E-state index contributed by atoms with van der Waals surface area (Å²) < 4.78 is 0. The molecule has 0 aromatic heterocycles. The van der Waals surface area contributed by atoms with Crippen molar-refractivity contribution in [2.24, 2.45) is 0 Å². The third kappa shape index (κ3) is 1.07. The molecule has 1 unspecified atom stereocenters. The number of rotatable bonds is 1. The fraction of sp³-hybridized carbons (Fsp3) is 0.200. The molecule has 0 spiro atoms. The first kappa shape index (κ1) is 8.73. The Morgan fingerprint density at radius 3 is 2.93 bits per heavy atom. The first-order chi connectivity index (χ1) is 6.67. The Morgan fingerprint density at radius 2 is 2.21 bits per heavy atom. The van der Waals surface area contributed by atoms with Crippen LogP contribution in [0.1, 0.15) is 22.3 Å². The third-order valence-corrected chi connectivity index (χ3v) is 2.27. The Hall–Kier alpha value is -1.86. The summed E-state index contributed by atoms with van der Waals surface area (Å²) in [6.45, 7) is 0. The maximum atomic E-state index is 11.4. The molecule has 4 nitrogen and oxygen atoms in total. The van der Waals surface area contributed by atoms with Gasteiger partial charge in [0, 0.05) is 11.1 Å². The Bertz CT molecular complexity index is 436. The summed E-state index contributed by atoms with van der Waals surface area (Å²) in [5, 5.41) is 20.9. The number of fused-ring (bicyclic) bond motifs is 1. The van der Waals surface area contributed by atoms with E-state index < -0.39 is 5.72 Å². The maximum absolute atomic E-state index is 11.4. The molecule has 1 heterocycles. The second-order valence-electron chi connectivity index (χ2n) is 3.19. The van der Waals surface area contributed by atoms with Crippen LogP contribution in [-0.2, 0) is 5.72 Å². The lowest BCUT2D eigenvalue weighted by atomic mass is 10.00. The van der Waals surface area contributed by atoms with Crippen LogP contribution in [0.3, 0.4) is 0 Å². The van der Waals surface area contributed by atoms with Crippen molar-refractivity contribution in [3.05, 3.63) is 35.4 Å². The van der Waals surface area contributed by atoms with Gasteiger partial charge in [0.25, 0.3) is 5.91 Å². The monoisotopic (exact) mass is 188 g/mol. The van der Waals surface area contributed by atoms with Gasteiger partial charge in [-0.05, 0) is 6.07 Å². The molecule has 0 bridgehead atoms. The van der Waals surface area contributed by atoms with Crippen LogP contribution in [0.15, 0.2) is 24.3 Å². The topological polar surface area (TPSA) is 73.1 Å². The van der Waals surface area contributed by atoms with Crippen molar-refractivity contribution in [2.75, 3.05) is 0 Å². The molecule has 0 saturated carbocycles.